The lowest BCUT2D eigenvalue weighted by Gasteiger charge is -2.07. The number of anilines is 1. The lowest BCUT2D eigenvalue weighted by Crippen LogP contribution is -2.13. The molecule has 3 aromatic rings. The Labute approximate surface area is 177 Å². The highest BCUT2D eigenvalue weighted by Crippen LogP contribution is 2.18. The molecule has 0 aliphatic heterocycles. The number of hydrogen-bond donors (Lipinski definition) is 1. The van der Waals surface area contributed by atoms with Gasteiger partial charge in [0.05, 0.1) is 4.92 Å². The van der Waals surface area contributed by atoms with Crippen molar-refractivity contribution in [3.8, 4) is 5.75 Å². The molecule has 0 saturated carbocycles. The number of amides is 1. The molecule has 1 amide bonds. The van der Waals surface area contributed by atoms with Crippen molar-refractivity contribution in [1.29, 1.82) is 0 Å². The summed E-state index contributed by atoms with van der Waals surface area (Å²) in [4.78, 5) is 33.9. The molecule has 31 heavy (non-hydrogen) atoms. The number of ether oxygens (including phenoxy) is 2. The molecule has 0 aliphatic rings. The normalized spacial score (nSPS) is 10.5. The SMILES string of the molecule is O=C(/C=C/c1ccc(NC(=O)OCc2ccccc2)cc1)Oc1ccc([N+](=O)[O-])cc1. The van der Waals surface area contributed by atoms with Crippen LogP contribution in [0.25, 0.3) is 6.08 Å². The van der Waals surface area contributed by atoms with E-state index in [9.17, 15) is 19.7 Å². The predicted molar refractivity (Wildman–Crippen MR) is 114 cm³/mol. The number of hydrogen-bond acceptors (Lipinski definition) is 6. The van der Waals surface area contributed by atoms with Gasteiger partial charge in [-0.05, 0) is 41.5 Å². The Morgan fingerprint density at radius 3 is 2.26 bits per heavy atom. The van der Waals surface area contributed by atoms with Crippen molar-refractivity contribution in [1.82, 2.24) is 0 Å². The fraction of sp³-hybridized carbons (Fsp3) is 0.0435. The third-order valence-electron chi connectivity index (χ3n) is 4.05. The van der Waals surface area contributed by atoms with Crippen molar-refractivity contribution in [3.05, 3.63) is 106 Å². The highest BCUT2D eigenvalue weighted by Gasteiger charge is 2.07. The second kappa shape index (κ2) is 10.4. The van der Waals surface area contributed by atoms with Gasteiger partial charge in [-0.25, -0.2) is 9.59 Å². The standard InChI is InChI=1S/C23H18N2O6/c26-22(31-21-13-11-20(12-14-21)25(28)29)15-8-17-6-9-19(10-7-17)24-23(27)30-16-18-4-2-1-3-5-18/h1-15H,16H2,(H,24,27)/b15-8+. The van der Waals surface area contributed by atoms with Crippen LogP contribution in [0.4, 0.5) is 16.2 Å². The molecule has 0 atom stereocenters. The predicted octanol–water partition coefficient (Wildman–Crippen LogP) is 4.96. The van der Waals surface area contributed by atoms with E-state index in [1.54, 1.807) is 30.3 Å². The minimum absolute atomic E-state index is 0.0898. The zero-order valence-electron chi connectivity index (χ0n) is 16.3. The van der Waals surface area contributed by atoms with E-state index < -0.39 is 17.0 Å². The lowest BCUT2D eigenvalue weighted by atomic mass is 10.2. The summed E-state index contributed by atoms with van der Waals surface area (Å²) < 4.78 is 10.2. The summed E-state index contributed by atoms with van der Waals surface area (Å²) in [5.74, 6) is -0.422. The molecule has 0 aromatic heterocycles. The van der Waals surface area contributed by atoms with E-state index in [2.05, 4.69) is 5.32 Å². The van der Waals surface area contributed by atoms with Crippen molar-refractivity contribution in [2.24, 2.45) is 0 Å². The Morgan fingerprint density at radius 1 is 0.935 bits per heavy atom. The molecule has 1 N–H and O–H groups in total. The topological polar surface area (TPSA) is 108 Å². The van der Waals surface area contributed by atoms with Crippen LogP contribution >= 0.6 is 0 Å². The number of non-ortho nitro benzene ring substituents is 1. The minimum atomic E-state index is -0.624. The minimum Gasteiger partial charge on any atom is -0.444 e. The maximum absolute atomic E-state index is 11.9. The molecule has 156 valence electrons. The fourth-order valence-electron chi connectivity index (χ4n) is 2.50. The molecule has 0 heterocycles. The van der Waals surface area contributed by atoms with Gasteiger partial charge < -0.3 is 9.47 Å². The van der Waals surface area contributed by atoms with Crippen LogP contribution in [0.3, 0.4) is 0 Å². The number of nitro groups is 1. The second-order valence-corrected chi connectivity index (χ2v) is 6.31. The summed E-state index contributed by atoms with van der Waals surface area (Å²) in [6.07, 6.45) is 2.21. The van der Waals surface area contributed by atoms with Gasteiger partial charge in [0, 0.05) is 23.9 Å². The Kier molecular flexibility index (Phi) is 7.10. The number of rotatable bonds is 7. The van der Waals surface area contributed by atoms with Crippen LogP contribution in [0.2, 0.25) is 0 Å². The first-order valence-corrected chi connectivity index (χ1v) is 9.22. The molecular weight excluding hydrogens is 400 g/mol. The highest BCUT2D eigenvalue weighted by atomic mass is 16.6. The van der Waals surface area contributed by atoms with Gasteiger partial charge in [0.1, 0.15) is 12.4 Å². The maximum Gasteiger partial charge on any atom is 0.411 e. The Bertz CT molecular complexity index is 1080. The van der Waals surface area contributed by atoms with E-state index >= 15 is 0 Å². The molecule has 3 aromatic carbocycles. The van der Waals surface area contributed by atoms with E-state index in [0.717, 1.165) is 5.56 Å². The summed E-state index contributed by atoms with van der Waals surface area (Å²) in [5.41, 5.74) is 2.05. The molecule has 3 rings (SSSR count). The molecule has 0 unspecified atom stereocenters. The van der Waals surface area contributed by atoms with E-state index in [4.69, 9.17) is 9.47 Å². The Morgan fingerprint density at radius 2 is 1.61 bits per heavy atom. The third kappa shape index (κ3) is 6.82. The van der Waals surface area contributed by atoms with Gasteiger partial charge in [-0.2, -0.15) is 0 Å². The Balaban J connectivity index is 1.47. The van der Waals surface area contributed by atoms with Gasteiger partial charge in [0.15, 0.2) is 0 Å². The number of nitro benzene ring substituents is 1. The number of benzene rings is 3. The third-order valence-corrected chi connectivity index (χ3v) is 4.05. The van der Waals surface area contributed by atoms with E-state index in [1.165, 1.54) is 30.3 Å². The molecule has 0 radical (unpaired) electrons. The van der Waals surface area contributed by atoms with Gasteiger partial charge in [-0.1, -0.05) is 42.5 Å². The summed E-state index contributed by atoms with van der Waals surface area (Å²) in [5, 5.41) is 13.2. The Hall–Kier alpha value is -4.46. The van der Waals surface area contributed by atoms with Crippen molar-refractivity contribution < 1.29 is 24.0 Å². The van der Waals surface area contributed by atoms with E-state index in [-0.39, 0.29) is 18.0 Å². The molecule has 0 spiro atoms. The van der Waals surface area contributed by atoms with Crippen molar-refractivity contribution in [2.75, 3.05) is 5.32 Å². The lowest BCUT2D eigenvalue weighted by molar-refractivity contribution is -0.384. The van der Waals surface area contributed by atoms with Crippen LogP contribution in [0.15, 0.2) is 84.9 Å². The maximum atomic E-state index is 11.9. The van der Waals surface area contributed by atoms with Crippen molar-refractivity contribution in [2.45, 2.75) is 6.61 Å². The number of carbonyl (C=O) groups excluding carboxylic acids is 2. The average molecular weight is 418 g/mol. The first-order valence-electron chi connectivity index (χ1n) is 9.22. The fourth-order valence-corrected chi connectivity index (χ4v) is 2.50. The molecule has 8 heteroatoms. The summed E-state index contributed by atoms with van der Waals surface area (Å²) in [7, 11) is 0. The van der Waals surface area contributed by atoms with Crippen molar-refractivity contribution in [3.63, 3.8) is 0 Å². The van der Waals surface area contributed by atoms with Crippen LogP contribution in [0, 0.1) is 10.1 Å². The number of nitrogens with zero attached hydrogens (tertiary/aromatic N) is 1. The van der Waals surface area contributed by atoms with Crippen LogP contribution in [0.1, 0.15) is 11.1 Å². The largest absolute Gasteiger partial charge is 0.444 e. The average Bonchev–Trinajstić information content (AvgIpc) is 2.78. The first-order chi connectivity index (χ1) is 15.0. The van der Waals surface area contributed by atoms with Gasteiger partial charge >= 0.3 is 12.1 Å². The summed E-state index contributed by atoms with van der Waals surface area (Å²) in [6.45, 7) is 0.171. The van der Waals surface area contributed by atoms with Crippen molar-refractivity contribution >= 4 is 29.5 Å². The van der Waals surface area contributed by atoms with E-state index in [0.29, 0.717) is 11.3 Å². The van der Waals surface area contributed by atoms with Crippen LogP contribution in [0.5, 0.6) is 5.75 Å². The van der Waals surface area contributed by atoms with Gasteiger partial charge in [-0.15, -0.1) is 0 Å². The molecular formula is C23H18N2O6. The van der Waals surface area contributed by atoms with Crippen LogP contribution < -0.4 is 10.1 Å². The highest BCUT2D eigenvalue weighted by molar-refractivity contribution is 5.89. The smallest absolute Gasteiger partial charge is 0.411 e. The van der Waals surface area contributed by atoms with Crippen LogP contribution in [-0.2, 0) is 16.1 Å². The number of esters is 1. The number of carbonyl (C=O) groups is 2. The van der Waals surface area contributed by atoms with Gasteiger partial charge in [0.2, 0.25) is 0 Å². The second-order valence-electron chi connectivity index (χ2n) is 6.31. The molecule has 8 nitrogen and oxygen atoms in total. The quantitative estimate of drug-likeness (QED) is 0.191. The monoisotopic (exact) mass is 418 g/mol. The van der Waals surface area contributed by atoms with E-state index in [1.807, 2.05) is 30.3 Å². The van der Waals surface area contributed by atoms with Crippen LogP contribution in [-0.4, -0.2) is 17.0 Å². The zero-order valence-corrected chi connectivity index (χ0v) is 16.3. The summed E-state index contributed by atoms with van der Waals surface area (Å²) >= 11 is 0. The van der Waals surface area contributed by atoms with Gasteiger partial charge in [-0.3, -0.25) is 15.4 Å². The first kappa shape index (κ1) is 21.3. The number of nitrogens with one attached hydrogen (secondary N) is 1. The molecule has 0 aliphatic carbocycles. The molecule has 0 fully saturated rings. The molecule has 0 bridgehead atoms. The zero-order chi connectivity index (χ0) is 22.1. The van der Waals surface area contributed by atoms with Gasteiger partial charge in [0.25, 0.3) is 5.69 Å². The molecule has 0 saturated heterocycles. The summed E-state index contributed by atoms with van der Waals surface area (Å²) in [6, 6.07) is 21.3.